The van der Waals surface area contributed by atoms with Crippen LogP contribution in [0.2, 0.25) is 0 Å². The number of aryl methyl sites for hydroxylation is 1. The van der Waals surface area contributed by atoms with Crippen LogP contribution in [0.25, 0.3) is 0 Å². The van der Waals surface area contributed by atoms with Gasteiger partial charge in [0.05, 0.1) is 27.5 Å². The van der Waals surface area contributed by atoms with Crippen LogP contribution < -0.4 is 14.2 Å². The monoisotopic (exact) mass is 530 g/mol. The topological polar surface area (TPSA) is 73.7 Å². The lowest BCUT2D eigenvalue weighted by molar-refractivity contribution is 0.324. The van der Waals surface area contributed by atoms with Gasteiger partial charge in [0.25, 0.3) is 0 Å². The third-order valence-corrected chi connectivity index (χ3v) is 6.65. The van der Waals surface area contributed by atoms with Crippen molar-refractivity contribution in [1.82, 2.24) is 14.9 Å². The summed E-state index contributed by atoms with van der Waals surface area (Å²) in [5.74, 6) is 2.54. The molecule has 1 aromatic carbocycles. The fraction of sp³-hybridized carbons (Fsp3) is 0.621. The highest BCUT2D eigenvalue weighted by Crippen LogP contribution is 2.37. The number of nitrogens with zero attached hydrogens (tertiary/aromatic N) is 3. The van der Waals surface area contributed by atoms with Crippen molar-refractivity contribution in [3.8, 4) is 17.2 Å². The molecule has 1 N–H and O–H groups in total. The molecule has 0 aliphatic rings. The van der Waals surface area contributed by atoms with Crippen LogP contribution in [0.4, 0.5) is 0 Å². The van der Waals surface area contributed by atoms with Gasteiger partial charge >= 0.3 is 0 Å². The minimum Gasteiger partial charge on any atom is -0.493 e. The molecule has 0 aliphatic carbocycles. The first-order valence-corrected chi connectivity index (χ1v) is 14.2. The number of unbranched alkanes of at least 4 members (excludes halogenated alkanes) is 11. The molecule has 0 amide bonds. The van der Waals surface area contributed by atoms with Crippen LogP contribution in [0.15, 0.2) is 29.4 Å². The van der Waals surface area contributed by atoms with Crippen molar-refractivity contribution >= 4 is 18.4 Å². The zero-order valence-electron chi connectivity index (χ0n) is 23.3. The molecule has 206 valence electrons. The lowest BCUT2D eigenvalue weighted by Crippen LogP contribution is -2.00. The minimum absolute atomic E-state index is 0.478. The molecule has 0 aliphatic heterocycles. The molecule has 37 heavy (non-hydrogen) atoms. The fourth-order valence-corrected chi connectivity index (χ4v) is 4.46. The van der Waals surface area contributed by atoms with Gasteiger partial charge in [0.1, 0.15) is 0 Å². The van der Waals surface area contributed by atoms with Gasteiger partial charge in [-0.2, -0.15) is 14.9 Å². The fourth-order valence-electron chi connectivity index (χ4n) is 4.26. The molecule has 0 bridgehead atoms. The number of hydrogen-bond donors (Lipinski definition) is 1. The van der Waals surface area contributed by atoms with Crippen molar-refractivity contribution in [3.63, 3.8) is 0 Å². The normalized spacial score (nSPS) is 11.6. The Morgan fingerprint density at radius 1 is 0.838 bits per heavy atom. The molecule has 0 unspecified atom stereocenters. The summed E-state index contributed by atoms with van der Waals surface area (Å²) in [7, 11) is 4.77. The molecular formula is C29H46N4O3S. The molecule has 0 radical (unpaired) electrons. The van der Waals surface area contributed by atoms with E-state index in [1.54, 1.807) is 32.2 Å². The number of H-pyrrole nitrogens is 1. The lowest BCUT2D eigenvalue weighted by atomic mass is 10.1. The van der Waals surface area contributed by atoms with Crippen molar-refractivity contribution in [3.05, 3.63) is 40.4 Å². The molecule has 2 aromatic rings. The summed E-state index contributed by atoms with van der Waals surface area (Å²) in [6, 6.07) is 3.69. The molecule has 0 atom stereocenters. The Morgan fingerprint density at radius 2 is 1.41 bits per heavy atom. The van der Waals surface area contributed by atoms with Crippen molar-refractivity contribution < 1.29 is 14.2 Å². The second-order valence-corrected chi connectivity index (χ2v) is 9.68. The summed E-state index contributed by atoms with van der Waals surface area (Å²) in [6.45, 7) is 2.27. The molecule has 0 saturated carbocycles. The van der Waals surface area contributed by atoms with Crippen molar-refractivity contribution in [2.45, 2.75) is 96.8 Å². The summed E-state index contributed by atoms with van der Waals surface area (Å²) in [5.41, 5.74) is 0.810. The largest absolute Gasteiger partial charge is 0.493 e. The molecule has 1 heterocycles. The van der Waals surface area contributed by atoms with E-state index >= 15 is 0 Å². The van der Waals surface area contributed by atoms with Crippen LogP contribution in [0.3, 0.4) is 0 Å². The predicted molar refractivity (Wildman–Crippen MR) is 155 cm³/mol. The van der Waals surface area contributed by atoms with Crippen molar-refractivity contribution in [2.75, 3.05) is 21.3 Å². The number of nitrogens with one attached hydrogen (secondary N) is 1. The van der Waals surface area contributed by atoms with Crippen LogP contribution >= 0.6 is 12.2 Å². The van der Waals surface area contributed by atoms with Gasteiger partial charge in [-0.25, -0.2) is 0 Å². The van der Waals surface area contributed by atoms with E-state index in [0.717, 1.165) is 24.2 Å². The van der Waals surface area contributed by atoms with E-state index in [0.29, 0.717) is 22.0 Å². The van der Waals surface area contributed by atoms with E-state index < -0.39 is 0 Å². The van der Waals surface area contributed by atoms with Gasteiger partial charge < -0.3 is 14.2 Å². The summed E-state index contributed by atoms with van der Waals surface area (Å²) in [6.07, 6.45) is 24.0. The summed E-state index contributed by atoms with van der Waals surface area (Å²) in [4.78, 5) is 0. The van der Waals surface area contributed by atoms with Gasteiger partial charge in [-0.15, -0.1) is 0 Å². The molecule has 2 rings (SSSR count). The second kappa shape index (κ2) is 18.6. The zero-order chi connectivity index (χ0) is 26.7. The van der Waals surface area contributed by atoms with Crippen LogP contribution in [-0.4, -0.2) is 42.4 Å². The standard InChI is InChI=1S/C29H46N4O3S/c1-5-6-7-8-9-10-11-12-13-14-15-16-17-18-19-20-27-31-32-29(37)33(27)30-23-24-21-25(34-2)28(36-4)26(22-24)35-3/h12-13,21-23H,5-11,14-20H2,1-4H3,(H,32,37). The average molecular weight is 531 g/mol. The SMILES string of the molecule is CCCCCCCCC=CCCCCCCCc1n[nH]c(=S)n1N=Cc1cc(OC)c(OC)c(OC)c1. The summed E-state index contributed by atoms with van der Waals surface area (Å²) in [5, 5.41) is 11.8. The van der Waals surface area contributed by atoms with E-state index in [1.807, 2.05) is 12.1 Å². The van der Waals surface area contributed by atoms with E-state index in [1.165, 1.54) is 77.0 Å². The Kier molecular flexibility index (Phi) is 15.4. The van der Waals surface area contributed by atoms with Crippen LogP contribution in [0.5, 0.6) is 17.2 Å². The Labute approximate surface area is 228 Å². The number of aromatic nitrogens is 3. The predicted octanol–water partition coefficient (Wildman–Crippen LogP) is 8.04. The number of aromatic amines is 1. The van der Waals surface area contributed by atoms with Crippen LogP contribution in [0, 0.1) is 4.77 Å². The van der Waals surface area contributed by atoms with Crippen molar-refractivity contribution in [2.24, 2.45) is 5.10 Å². The van der Waals surface area contributed by atoms with E-state index in [-0.39, 0.29) is 0 Å². The highest BCUT2D eigenvalue weighted by Gasteiger charge is 2.12. The first-order valence-electron chi connectivity index (χ1n) is 13.8. The average Bonchev–Trinajstić information content (AvgIpc) is 3.27. The number of benzene rings is 1. The molecule has 8 heteroatoms. The first-order chi connectivity index (χ1) is 18.1. The number of methoxy groups -OCH3 is 3. The van der Waals surface area contributed by atoms with E-state index in [4.69, 9.17) is 26.4 Å². The molecule has 7 nitrogen and oxygen atoms in total. The third-order valence-electron chi connectivity index (χ3n) is 6.39. The Morgan fingerprint density at radius 3 is 1.97 bits per heavy atom. The van der Waals surface area contributed by atoms with Gasteiger partial charge in [-0.05, 0) is 56.5 Å². The Bertz CT molecular complexity index is 988. The van der Waals surface area contributed by atoms with E-state index in [2.05, 4.69) is 34.4 Å². The third kappa shape index (κ3) is 11.1. The second-order valence-electron chi connectivity index (χ2n) is 9.29. The van der Waals surface area contributed by atoms with Crippen LogP contribution in [0.1, 0.15) is 102 Å². The minimum atomic E-state index is 0.478. The smallest absolute Gasteiger partial charge is 0.216 e. The van der Waals surface area contributed by atoms with Gasteiger partial charge in [0.15, 0.2) is 17.3 Å². The summed E-state index contributed by atoms with van der Waals surface area (Å²) < 4.78 is 18.4. The molecule has 0 spiro atoms. The maximum absolute atomic E-state index is 5.42. The number of hydrogen-bond acceptors (Lipinski definition) is 6. The highest BCUT2D eigenvalue weighted by atomic mass is 32.1. The first kappa shape index (κ1) is 30.6. The number of rotatable bonds is 20. The van der Waals surface area contributed by atoms with Gasteiger partial charge in [-0.1, -0.05) is 70.4 Å². The molecule has 0 saturated heterocycles. The van der Waals surface area contributed by atoms with Gasteiger partial charge in [-0.3, -0.25) is 5.10 Å². The molecule has 0 fully saturated rings. The Hall–Kier alpha value is -2.61. The van der Waals surface area contributed by atoms with Crippen LogP contribution in [-0.2, 0) is 6.42 Å². The molecular weight excluding hydrogens is 484 g/mol. The summed E-state index contributed by atoms with van der Waals surface area (Å²) >= 11 is 5.39. The highest BCUT2D eigenvalue weighted by molar-refractivity contribution is 7.71. The van der Waals surface area contributed by atoms with Crippen molar-refractivity contribution in [1.29, 1.82) is 0 Å². The molecule has 1 aromatic heterocycles. The number of ether oxygens (including phenoxy) is 3. The van der Waals surface area contributed by atoms with Gasteiger partial charge in [0.2, 0.25) is 10.5 Å². The Balaban J connectivity index is 1.71. The quantitative estimate of drug-likeness (QED) is 0.0811. The zero-order valence-corrected chi connectivity index (χ0v) is 24.1. The van der Waals surface area contributed by atoms with E-state index in [9.17, 15) is 0 Å². The maximum atomic E-state index is 5.42. The lowest BCUT2D eigenvalue weighted by Gasteiger charge is -2.12. The maximum Gasteiger partial charge on any atom is 0.216 e. The van der Waals surface area contributed by atoms with Gasteiger partial charge in [0, 0.05) is 12.0 Å². The number of allylic oxidation sites excluding steroid dienone is 2.